The topological polar surface area (TPSA) is 12.9 Å². The predicted octanol–water partition coefficient (Wildman–Crippen LogP) is 4.86. The van der Waals surface area contributed by atoms with Gasteiger partial charge in [0.1, 0.15) is 0 Å². The Hall–Kier alpha value is -2.67. The molecule has 4 aromatic rings. The molecule has 0 aliphatic heterocycles. The number of rotatable bonds is 1. The number of hydrogen-bond donors (Lipinski definition) is 0. The van der Waals surface area contributed by atoms with Gasteiger partial charge in [0.15, 0.2) is 0 Å². The zero-order valence-electron chi connectivity index (χ0n) is 10.9. The maximum atomic E-state index is 4.75. The van der Waals surface area contributed by atoms with Crippen molar-refractivity contribution in [2.24, 2.45) is 0 Å². The molecule has 0 fully saturated rings. The smallest absolute Gasteiger partial charge is 0.0715 e. The van der Waals surface area contributed by atoms with Crippen LogP contribution in [0.4, 0.5) is 0 Å². The predicted molar refractivity (Wildman–Crippen MR) is 83.5 cm³/mol. The number of fused-ring (bicyclic) bond motifs is 2. The average molecular weight is 254 g/mol. The Bertz CT molecular complexity index is 895. The fourth-order valence-electron chi connectivity index (χ4n) is 2.59. The summed E-state index contributed by atoms with van der Waals surface area (Å²) in [5.41, 5.74) is 4.35. The van der Waals surface area contributed by atoms with Crippen LogP contribution in [0, 0.1) is 6.07 Å². The highest BCUT2D eigenvalue weighted by atomic mass is 14.7. The second-order valence-corrected chi connectivity index (χ2v) is 4.83. The van der Waals surface area contributed by atoms with Gasteiger partial charge in [-0.2, -0.15) is 0 Å². The third-order valence-electron chi connectivity index (χ3n) is 3.56. The Morgan fingerprint density at radius 1 is 0.750 bits per heavy atom. The largest absolute Gasteiger partial charge is 0.248 e. The Labute approximate surface area is 117 Å². The van der Waals surface area contributed by atoms with Gasteiger partial charge in [0, 0.05) is 10.8 Å². The zero-order valence-corrected chi connectivity index (χ0v) is 10.9. The van der Waals surface area contributed by atoms with Gasteiger partial charge in [-0.05, 0) is 35.4 Å². The number of hydrogen-bond acceptors (Lipinski definition) is 1. The summed E-state index contributed by atoms with van der Waals surface area (Å²) in [6.45, 7) is 0. The Morgan fingerprint density at radius 2 is 1.60 bits per heavy atom. The molecule has 3 aromatic carbocycles. The first-order valence-corrected chi connectivity index (χ1v) is 6.67. The highest BCUT2D eigenvalue weighted by molar-refractivity contribution is 6.00. The number of pyridine rings is 1. The summed E-state index contributed by atoms with van der Waals surface area (Å²) in [4.78, 5) is 4.75. The minimum atomic E-state index is 1.03. The van der Waals surface area contributed by atoms with E-state index in [0.29, 0.717) is 0 Å². The maximum Gasteiger partial charge on any atom is 0.0715 e. The van der Waals surface area contributed by atoms with Crippen molar-refractivity contribution in [1.29, 1.82) is 0 Å². The van der Waals surface area contributed by atoms with Crippen LogP contribution in [-0.2, 0) is 0 Å². The molecule has 1 heteroatoms. The highest BCUT2D eigenvalue weighted by Crippen LogP contribution is 2.29. The van der Waals surface area contributed by atoms with Gasteiger partial charge in [-0.1, -0.05) is 54.6 Å². The molecule has 0 spiro atoms. The molecule has 0 saturated carbocycles. The van der Waals surface area contributed by atoms with Gasteiger partial charge in [0.25, 0.3) is 0 Å². The number of benzene rings is 3. The van der Waals surface area contributed by atoms with E-state index in [9.17, 15) is 0 Å². The Balaban J connectivity index is 2.09. The molecule has 0 atom stereocenters. The number of para-hydroxylation sites is 1. The van der Waals surface area contributed by atoms with Crippen molar-refractivity contribution >= 4 is 21.8 Å². The van der Waals surface area contributed by atoms with Crippen LogP contribution in [0.2, 0.25) is 0 Å². The highest BCUT2D eigenvalue weighted by Gasteiger charge is 2.05. The first-order chi connectivity index (χ1) is 9.92. The van der Waals surface area contributed by atoms with Crippen LogP contribution in [0.3, 0.4) is 0 Å². The summed E-state index contributed by atoms with van der Waals surface area (Å²) in [5.74, 6) is 0. The third-order valence-corrected chi connectivity index (χ3v) is 3.56. The van der Waals surface area contributed by atoms with Crippen molar-refractivity contribution in [2.45, 2.75) is 0 Å². The van der Waals surface area contributed by atoms with Gasteiger partial charge in [-0.3, -0.25) is 0 Å². The van der Waals surface area contributed by atoms with Crippen LogP contribution in [-0.4, -0.2) is 4.98 Å². The third kappa shape index (κ3) is 1.76. The lowest BCUT2D eigenvalue weighted by atomic mass is 9.99. The van der Waals surface area contributed by atoms with E-state index in [4.69, 9.17) is 4.98 Å². The minimum Gasteiger partial charge on any atom is -0.248 e. The minimum absolute atomic E-state index is 1.03. The first kappa shape index (κ1) is 11.2. The van der Waals surface area contributed by atoms with Crippen molar-refractivity contribution in [1.82, 2.24) is 4.98 Å². The lowest BCUT2D eigenvalue weighted by molar-refractivity contribution is 1.49. The molecule has 93 valence electrons. The van der Waals surface area contributed by atoms with Crippen molar-refractivity contribution in [3.63, 3.8) is 0 Å². The van der Waals surface area contributed by atoms with Gasteiger partial charge >= 0.3 is 0 Å². The molecule has 0 saturated heterocycles. The number of nitrogens with zero attached hydrogens (tertiary/aromatic N) is 1. The van der Waals surface area contributed by atoms with Crippen molar-refractivity contribution in [2.75, 3.05) is 0 Å². The lowest BCUT2D eigenvalue weighted by Crippen LogP contribution is -1.86. The SMILES string of the molecule is [c]1ccccc1-c1cccc2nc3ccccc3cc12. The van der Waals surface area contributed by atoms with Crippen LogP contribution in [0.5, 0.6) is 0 Å². The second-order valence-electron chi connectivity index (χ2n) is 4.83. The maximum absolute atomic E-state index is 4.75. The van der Waals surface area contributed by atoms with Gasteiger partial charge in [0.05, 0.1) is 11.0 Å². The normalized spacial score (nSPS) is 11.0. The van der Waals surface area contributed by atoms with E-state index < -0.39 is 0 Å². The van der Waals surface area contributed by atoms with Gasteiger partial charge < -0.3 is 0 Å². The average Bonchev–Trinajstić information content (AvgIpc) is 2.53. The van der Waals surface area contributed by atoms with E-state index in [2.05, 4.69) is 48.5 Å². The standard InChI is InChI=1S/C19H12N/c1-2-7-14(8-3-1)16-10-6-12-19-17(16)13-15-9-4-5-11-18(15)20-19/h1-7,9-13H. The van der Waals surface area contributed by atoms with Gasteiger partial charge in [-0.25, -0.2) is 4.98 Å². The lowest BCUT2D eigenvalue weighted by Gasteiger charge is -2.07. The Kier molecular flexibility index (Phi) is 2.49. The number of aromatic nitrogens is 1. The summed E-state index contributed by atoms with van der Waals surface area (Å²) in [7, 11) is 0. The molecule has 1 nitrogen and oxygen atoms in total. The molecular weight excluding hydrogens is 242 g/mol. The van der Waals surface area contributed by atoms with Crippen LogP contribution in [0.1, 0.15) is 0 Å². The molecule has 4 rings (SSSR count). The molecule has 0 amide bonds. The molecule has 20 heavy (non-hydrogen) atoms. The van der Waals surface area contributed by atoms with Crippen LogP contribution < -0.4 is 0 Å². The zero-order chi connectivity index (χ0) is 13.4. The first-order valence-electron chi connectivity index (χ1n) is 6.67. The van der Waals surface area contributed by atoms with E-state index in [0.717, 1.165) is 16.6 Å². The summed E-state index contributed by atoms with van der Waals surface area (Å²) >= 11 is 0. The molecule has 1 radical (unpaired) electrons. The molecule has 0 N–H and O–H groups in total. The van der Waals surface area contributed by atoms with Gasteiger partial charge in [-0.15, -0.1) is 0 Å². The van der Waals surface area contributed by atoms with Crippen LogP contribution >= 0.6 is 0 Å². The summed E-state index contributed by atoms with van der Waals surface area (Å²) in [6, 6.07) is 28.1. The van der Waals surface area contributed by atoms with E-state index in [1.54, 1.807) is 0 Å². The summed E-state index contributed by atoms with van der Waals surface area (Å²) in [6.07, 6.45) is 0. The summed E-state index contributed by atoms with van der Waals surface area (Å²) in [5, 5.41) is 2.34. The van der Waals surface area contributed by atoms with Crippen molar-refractivity contribution in [3.8, 4) is 11.1 Å². The van der Waals surface area contributed by atoms with Crippen LogP contribution in [0.15, 0.2) is 72.8 Å². The Morgan fingerprint density at radius 3 is 2.50 bits per heavy atom. The van der Waals surface area contributed by atoms with Crippen LogP contribution in [0.25, 0.3) is 32.9 Å². The van der Waals surface area contributed by atoms with Crippen molar-refractivity contribution < 1.29 is 0 Å². The van der Waals surface area contributed by atoms with E-state index in [1.807, 2.05) is 30.3 Å². The quantitative estimate of drug-likeness (QED) is 0.442. The van der Waals surface area contributed by atoms with Gasteiger partial charge in [0.2, 0.25) is 0 Å². The fourth-order valence-corrected chi connectivity index (χ4v) is 2.59. The summed E-state index contributed by atoms with van der Waals surface area (Å²) < 4.78 is 0. The van der Waals surface area contributed by atoms with E-state index >= 15 is 0 Å². The second kappa shape index (κ2) is 4.46. The fraction of sp³-hybridized carbons (Fsp3) is 0. The molecule has 1 aromatic heterocycles. The monoisotopic (exact) mass is 254 g/mol. The molecule has 0 unspecified atom stereocenters. The van der Waals surface area contributed by atoms with E-state index in [-0.39, 0.29) is 0 Å². The molecule has 0 aliphatic rings. The van der Waals surface area contributed by atoms with E-state index in [1.165, 1.54) is 16.3 Å². The molecular formula is C19H12N. The van der Waals surface area contributed by atoms with Crippen molar-refractivity contribution in [3.05, 3.63) is 78.9 Å². The molecule has 0 aliphatic carbocycles. The molecule has 1 heterocycles. The molecule has 0 bridgehead atoms.